The first kappa shape index (κ1) is 7.62. The van der Waals surface area contributed by atoms with E-state index in [2.05, 4.69) is 38.5 Å². The molecule has 2 aromatic rings. The maximum absolute atomic E-state index is 5.21. The van der Waals surface area contributed by atoms with Crippen molar-refractivity contribution in [3.63, 3.8) is 0 Å². The third kappa shape index (κ3) is 1.18. The number of nitrogens with one attached hydrogen (secondary N) is 1. The Morgan fingerprint density at radius 1 is 1.50 bits per heavy atom. The van der Waals surface area contributed by atoms with Crippen molar-refractivity contribution in [1.82, 2.24) is 9.97 Å². The largest absolute Gasteiger partial charge is 0.331 e. The highest BCUT2D eigenvalue weighted by Crippen LogP contribution is 2.14. The van der Waals surface area contributed by atoms with Gasteiger partial charge in [0.2, 0.25) is 0 Å². The first-order valence-corrected chi connectivity index (χ1v) is 4.49. The van der Waals surface area contributed by atoms with Crippen molar-refractivity contribution in [3.05, 3.63) is 27.6 Å². The average molecular weight is 268 g/mol. The molecule has 0 amide bonds. The predicted octanol–water partition coefficient (Wildman–Crippen LogP) is 2.15. The van der Waals surface area contributed by atoms with E-state index in [1.807, 2.05) is 18.2 Å². The zero-order chi connectivity index (χ0) is 8.55. The lowest BCUT2D eigenvalue weighted by atomic mass is 10.3. The molecule has 0 aliphatic rings. The first-order chi connectivity index (χ1) is 5.79. The molecule has 0 saturated carbocycles. The van der Waals surface area contributed by atoms with Gasteiger partial charge in [0.15, 0.2) is 5.82 Å². The zero-order valence-corrected chi connectivity index (χ0v) is 8.29. The van der Waals surface area contributed by atoms with E-state index in [1.54, 1.807) is 0 Å². The number of H-pyrrole nitrogens is 1. The number of halogens is 1. The standard InChI is InChI=1S/C9H5IN2/c1-2-9-11-7-4-3-6(10)5-8(7)12-9/h1,3-5H,(H,11,12). The number of benzene rings is 1. The van der Waals surface area contributed by atoms with Crippen molar-refractivity contribution in [2.45, 2.75) is 0 Å². The van der Waals surface area contributed by atoms with Crippen molar-refractivity contribution in [2.24, 2.45) is 0 Å². The molecule has 0 saturated heterocycles. The van der Waals surface area contributed by atoms with E-state index in [-0.39, 0.29) is 0 Å². The van der Waals surface area contributed by atoms with Gasteiger partial charge in [0.25, 0.3) is 0 Å². The highest BCUT2D eigenvalue weighted by Gasteiger charge is 1.99. The highest BCUT2D eigenvalue weighted by molar-refractivity contribution is 14.1. The average Bonchev–Trinajstić information content (AvgIpc) is 2.46. The molecule has 2 rings (SSSR count). The van der Waals surface area contributed by atoms with E-state index in [0.717, 1.165) is 11.0 Å². The van der Waals surface area contributed by atoms with Crippen LogP contribution in [0, 0.1) is 15.9 Å². The van der Waals surface area contributed by atoms with Gasteiger partial charge in [-0.15, -0.1) is 6.42 Å². The van der Waals surface area contributed by atoms with Gasteiger partial charge in [0, 0.05) is 3.57 Å². The first-order valence-electron chi connectivity index (χ1n) is 3.41. The fraction of sp³-hybridized carbons (Fsp3) is 0. The number of fused-ring (bicyclic) bond motifs is 1. The van der Waals surface area contributed by atoms with Crippen molar-refractivity contribution < 1.29 is 0 Å². The number of aromatic amines is 1. The molecule has 1 N–H and O–H groups in total. The molecular formula is C9H5IN2. The van der Waals surface area contributed by atoms with E-state index in [0.29, 0.717) is 5.82 Å². The van der Waals surface area contributed by atoms with Crippen LogP contribution in [0.15, 0.2) is 18.2 Å². The summed E-state index contributed by atoms with van der Waals surface area (Å²) < 4.78 is 1.17. The number of aromatic nitrogens is 2. The van der Waals surface area contributed by atoms with E-state index < -0.39 is 0 Å². The normalized spacial score (nSPS) is 10.0. The summed E-state index contributed by atoms with van der Waals surface area (Å²) in [7, 11) is 0. The molecular weight excluding hydrogens is 263 g/mol. The summed E-state index contributed by atoms with van der Waals surface area (Å²) in [4.78, 5) is 7.21. The summed E-state index contributed by atoms with van der Waals surface area (Å²) in [6.45, 7) is 0. The van der Waals surface area contributed by atoms with Crippen LogP contribution in [-0.2, 0) is 0 Å². The van der Waals surface area contributed by atoms with Gasteiger partial charge in [-0.1, -0.05) is 0 Å². The van der Waals surface area contributed by atoms with Crippen LogP contribution in [0.5, 0.6) is 0 Å². The highest BCUT2D eigenvalue weighted by atomic mass is 127. The Balaban J connectivity index is 2.77. The Morgan fingerprint density at radius 2 is 2.33 bits per heavy atom. The molecule has 1 aromatic heterocycles. The Labute approximate surface area is 83.5 Å². The topological polar surface area (TPSA) is 28.7 Å². The van der Waals surface area contributed by atoms with Crippen molar-refractivity contribution >= 4 is 33.6 Å². The molecule has 0 atom stereocenters. The Bertz CT molecular complexity index is 465. The zero-order valence-electron chi connectivity index (χ0n) is 6.13. The SMILES string of the molecule is C#Cc1nc2ccc(I)cc2[nH]1. The fourth-order valence-corrected chi connectivity index (χ4v) is 1.54. The Kier molecular flexibility index (Phi) is 1.77. The van der Waals surface area contributed by atoms with Gasteiger partial charge in [-0.2, -0.15) is 0 Å². The van der Waals surface area contributed by atoms with E-state index in [9.17, 15) is 0 Å². The molecule has 0 radical (unpaired) electrons. The molecule has 0 bridgehead atoms. The molecule has 0 unspecified atom stereocenters. The van der Waals surface area contributed by atoms with Gasteiger partial charge in [0.1, 0.15) is 0 Å². The lowest BCUT2D eigenvalue weighted by Gasteiger charge is -1.87. The molecule has 0 spiro atoms. The smallest absolute Gasteiger partial charge is 0.183 e. The van der Waals surface area contributed by atoms with Gasteiger partial charge >= 0.3 is 0 Å². The Morgan fingerprint density at radius 3 is 3.08 bits per heavy atom. The molecule has 58 valence electrons. The number of imidazole rings is 1. The van der Waals surface area contributed by atoms with Crippen LogP contribution in [0.2, 0.25) is 0 Å². The van der Waals surface area contributed by atoms with Crippen LogP contribution in [0.4, 0.5) is 0 Å². The Hall–Kier alpha value is -1.02. The summed E-state index contributed by atoms with van der Waals surface area (Å²) in [5.41, 5.74) is 1.92. The molecule has 1 heterocycles. The number of rotatable bonds is 0. The van der Waals surface area contributed by atoms with Crippen molar-refractivity contribution in [3.8, 4) is 12.3 Å². The lowest BCUT2D eigenvalue weighted by Crippen LogP contribution is -1.72. The van der Waals surface area contributed by atoms with Gasteiger partial charge < -0.3 is 4.98 Å². The molecule has 12 heavy (non-hydrogen) atoms. The van der Waals surface area contributed by atoms with Gasteiger partial charge in [-0.05, 0) is 46.7 Å². The van der Waals surface area contributed by atoms with Crippen LogP contribution in [0.3, 0.4) is 0 Å². The summed E-state index contributed by atoms with van der Waals surface area (Å²) in [6, 6.07) is 5.97. The summed E-state index contributed by atoms with van der Waals surface area (Å²) >= 11 is 2.25. The minimum absolute atomic E-state index is 0.590. The summed E-state index contributed by atoms with van der Waals surface area (Å²) in [6.07, 6.45) is 5.21. The number of nitrogens with zero attached hydrogens (tertiary/aromatic N) is 1. The lowest BCUT2D eigenvalue weighted by molar-refractivity contribution is 1.28. The summed E-state index contributed by atoms with van der Waals surface area (Å²) in [5, 5.41) is 0. The molecule has 0 aliphatic carbocycles. The maximum atomic E-state index is 5.21. The second-order valence-corrected chi connectivity index (χ2v) is 3.64. The maximum Gasteiger partial charge on any atom is 0.183 e. The molecule has 3 heteroatoms. The third-order valence-corrected chi connectivity index (χ3v) is 2.25. The number of hydrogen-bond acceptors (Lipinski definition) is 1. The van der Waals surface area contributed by atoms with Crippen LogP contribution in [0.1, 0.15) is 5.82 Å². The van der Waals surface area contributed by atoms with Gasteiger partial charge in [-0.25, -0.2) is 4.98 Å². The monoisotopic (exact) mass is 268 g/mol. The van der Waals surface area contributed by atoms with Gasteiger partial charge in [0.05, 0.1) is 11.0 Å². The predicted molar refractivity (Wildman–Crippen MR) is 56.7 cm³/mol. The third-order valence-electron chi connectivity index (χ3n) is 1.58. The molecule has 0 aliphatic heterocycles. The van der Waals surface area contributed by atoms with Crippen LogP contribution < -0.4 is 0 Å². The van der Waals surface area contributed by atoms with E-state index in [1.165, 1.54) is 3.57 Å². The molecule has 2 nitrogen and oxygen atoms in total. The number of hydrogen-bond donors (Lipinski definition) is 1. The minimum Gasteiger partial charge on any atom is -0.331 e. The van der Waals surface area contributed by atoms with Crippen LogP contribution >= 0.6 is 22.6 Å². The second-order valence-electron chi connectivity index (χ2n) is 2.39. The second kappa shape index (κ2) is 2.79. The van der Waals surface area contributed by atoms with Crippen LogP contribution in [0.25, 0.3) is 11.0 Å². The minimum atomic E-state index is 0.590. The number of terminal acetylenes is 1. The van der Waals surface area contributed by atoms with Crippen LogP contribution in [-0.4, -0.2) is 9.97 Å². The molecule has 1 aromatic carbocycles. The van der Waals surface area contributed by atoms with E-state index >= 15 is 0 Å². The van der Waals surface area contributed by atoms with Gasteiger partial charge in [-0.3, -0.25) is 0 Å². The fourth-order valence-electron chi connectivity index (χ4n) is 1.05. The quantitative estimate of drug-likeness (QED) is 0.575. The van der Waals surface area contributed by atoms with Crippen molar-refractivity contribution in [2.75, 3.05) is 0 Å². The van der Waals surface area contributed by atoms with Crippen molar-refractivity contribution in [1.29, 1.82) is 0 Å². The summed E-state index contributed by atoms with van der Waals surface area (Å²) in [5.74, 6) is 3.06. The van der Waals surface area contributed by atoms with E-state index in [4.69, 9.17) is 6.42 Å². The molecule has 0 fully saturated rings.